The van der Waals surface area contributed by atoms with Gasteiger partial charge in [-0.3, -0.25) is 0 Å². The van der Waals surface area contributed by atoms with Gasteiger partial charge in [-0.15, -0.1) is 11.3 Å². The highest BCUT2D eigenvalue weighted by atomic mass is 32.1. The summed E-state index contributed by atoms with van der Waals surface area (Å²) in [7, 11) is 2.03. The Labute approximate surface area is 87.8 Å². The number of hydrogen-bond donors (Lipinski definition) is 1. The van der Waals surface area contributed by atoms with Gasteiger partial charge < -0.3 is 5.32 Å². The summed E-state index contributed by atoms with van der Waals surface area (Å²) in [6.45, 7) is 1.11. The summed E-state index contributed by atoms with van der Waals surface area (Å²) in [4.78, 5) is 0. The first kappa shape index (κ1) is 8.45. The third-order valence-electron chi connectivity index (χ3n) is 3.07. The quantitative estimate of drug-likeness (QED) is 0.791. The van der Waals surface area contributed by atoms with Crippen LogP contribution in [0.4, 0.5) is 0 Å². The molecule has 0 radical (unpaired) electrons. The minimum Gasteiger partial charge on any atom is -0.319 e. The largest absolute Gasteiger partial charge is 0.319 e. The van der Waals surface area contributed by atoms with Gasteiger partial charge in [0.25, 0.3) is 0 Å². The van der Waals surface area contributed by atoms with E-state index in [-0.39, 0.29) is 0 Å². The molecule has 1 atom stereocenters. The normalized spacial score (nSPS) is 19.4. The Morgan fingerprint density at radius 1 is 1.50 bits per heavy atom. The molecule has 1 aliphatic rings. The van der Waals surface area contributed by atoms with Crippen LogP contribution in [-0.2, 0) is 6.42 Å². The zero-order valence-electron chi connectivity index (χ0n) is 8.21. The molecule has 0 fully saturated rings. The summed E-state index contributed by atoms with van der Waals surface area (Å²) >= 11 is 1.84. The molecule has 72 valence electrons. The van der Waals surface area contributed by atoms with E-state index in [2.05, 4.69) is 28.9 Å². The maximum atomic E-state index is 3.26. The summed E-state index contributed by atoms with van der Waals surface area (Å²) in [6.07, 6.45) is 1.25. The molecule has 14 heavy (non-hydrogen) atoms. The monoisotopic (exact) mass is 203 g/mol. The number of fused-ring (bicyclic) bond motifs is 2. The third-order valence-corrected chi connectivity index (χ3v) is 3.95. The van der Waals surface area contributed by atoms with E-state index in [0.29, 0.717) is 0 Å². The zero-order valence-corrected chi connectivity index (χ0v) is 9.03. The molecule has 1 nitrogen and oxygen atoms in total. The van der Waals surface area contributed by atoms with E-state index in [0.717, 1.165) is 12.5 Å². The van der Waals surface area contributed by atoms with Crippen LogP contribution in [0.3, 0.4) is 0 Å². The molecule has 0 bridgehead atoms. The van der Waals surface area contributed by atoms with Gasteiger partial charge in [0.2, 0.25) is 0 Å². The van der Waals surface area contributed by atoms with Gasteiger partial charge in [-0.2, -0.15) is 0 Å². The maximum Gasteiger partial charge on any atom is 0.0345 e. The highest BCUT2D eigenvalue weighted by Crippen LogP contribution is 2.38. The number of thiophene rings is 1. The number of likely N-dealkylation sites (N-methyl/N-ethyl adjacent to an activating group) is 1. The second kappa shape index (κ2) is 3.07. The average Bonchev–Trinajstić information content (AvgIpc) is 2.61. The summed E-state index contributed by atoms with van der Waals surface area (Å²) in [5, 5.41) is 6.84. The van der Waals surface area contributed by atoms with Crippen molar-refractivity contribution in [3.63, 3.8) is 0 Å². The molecule has 0 saturated carbocycles. The molecule has 0 amide bonds. The molecule has 1 aromatic carbocycles. The second-order valence-electron chi connectivity index (χ2n) is 3.97. The van der Waals surface area contributed by atoms with Gasteiger partial charge in [0.1, 0.15) is 0 Å². The molecule has 0 aliphatic heterocycles. The van der Waals surface area contributed by atoms with E-state index in [4.69, 9.17) is 0 Å². The van der Waals surface area contributed by atoms with Crippen LogP contribution in [0, 0.1) is 0 Å². The first-order chi connectivity index (χ1) is 6.88. The van der Waals surface area contributed by atoms with Crippen molar-refractivity contribution in [2.24, 2.45) is 0 Å². The Morgan fingerprint density at radius 3 is 3.29 bits per heavy atom. The van der Waals surface area contributed by atoms with E-state index in [1.807, 2.05) is 18.4 Å². The van der Waals surface area contributed by atoms with Crippen LogP contribution in [-0.4, -0.2) is 13.6 Å². The van der Waals surface area contributed by atoms with Gasteiger partial charge in [0, 0.05) is 17.2 Å². The molecule has 0 spiro atoms. The molecular formula is C12H13NS. The lowest BCUT2D eigenvalue weighted by Crippen LogP contribution is -2.26. The lowest BCUT2D eigenvalue weighted by Gasteiger charge is -2.30. The predicted molar refractivity (Wildman–Crippen MR) is 62.2 cm³/mol. The molecular weight excluding hydrogens is 190 g/mol. The highest BCUT2D eigenvalue weighted by Gasteiger charge is 2.25. The predicted octanol–water partition coefficient (Wildman–Crippen LogP) is 2.76. The van der Waals surface area contributed by atoms with E-state index in [1.54, 1.807) is 11.1 Å². The number of rotatable bonds is 2. The van der Waals surface area contributed by atoms with Gasteiger partial charge in [-0.25, -0.2) is 0 Å². The summed E-state index contributed by atoms with van der Waals surface area (Å²) in [5.74, 6) is 0.749. The van der Waals surface area contributed by atoms with E-state index in [9.17, 15) is 0 Å². The lowest BCUT2D eigenvalue weighted by atomic mass is 9.77. The van der Waals surface area contributed by atoms with Crippen LogP contribution in [0.5, 0.6) is 0 Å². The molecule has 1 N–H and O–H groups in total. The Balaban J connectivity index is 2.06. The Kier molecular flexibility index (Phi) is 1.85. The standard InChI is InChI=1S/C12H13NS/c1-13-7-10-4-9-6-12-8(2-3-14-12)5-11(9)10/h2-3,5-6,10,13H,4,7H2,1H3. The fraction of sp³-hybridized carbons (Fsp3) is 0.333. The molecule has 2 heteroatoms. The van der Waals surface area contributed by atoms with Crippen LogP contribution in [0.15, 0.2) is 23.6 Å². The number of benzene rings is 1. The number of hydrogen-bond acceptors (Lipinski definition) is 2. The molecule has 2 aromatic rings. The summed E-state index contributed by atoms with van der Waals surface area (Å²) in [6, 6.07) is 6.95. The zero-order chi connectivity index (χ0) is 9.54. The van der Waals surface area contributed by atoms with Crippen molar-refractivity contribution >= 4 is 21.4 Å². The topological polar surface area (TPSA) is 12.0 Å². The maximum absolute atomic E-state index is 3.26. The van der Waals surface area contributed by atoms with Crippen LogP contribution >= 0.6 is 11.3 Å². The molecule has 0 saturated heterocycles. The molecule has 1 unspecified atom stereocenters. The van der Waals surface area contributed by atoms with Gasteiger partial charge in [0.05, 0.1) is 0 Å². The van der Waals surface area contributed by atoms with Crippen molar-refractivity contribution in [1.82, 2.24) is 5.32 Å². The fourth-order valence-electron chi connectivity index (χ4n) is 2.30. The van der Waals surface area contributed by atoms with Gasteiger partial charge in [0.15, 0.2) is 0 Å². The second-order valence-corrected chi connectivity index (χ2v) is 4.92. The Morgan fingerprint density at radius 2 is 2.43 bits per heavy atom. The first-order valence-electron chi connectivity index (χ1n) is 5.03. The van der Waals surface area contributed by atoms with Crippen molar-refractivity contribution in [1.29, 1.82) is 0 Å². The minimum atomic E-state index is 0.749. The smallest absolute Gasteiger partial charge is 0.0345 e. The van der Waals surface area contributed by atoms with E-state index >= 15 is 0 Å². The molecule has 1 aliphatic carbocycles. The van der Waals surface area contributed by atoms with Crippen molar-refractivity contribution in [3.8, 4) is 0 Å². The van der Waals surface area contributed by atoms with Crippen molar-refractivity contribution < 1.29 is 0 Å². The Hall–Kier alpha value is -0.860. The molecule has 3 rings (SSSR count). The minimum absolute atomic E-state index is 0.749. The van der Waals surface area contributed by atoms with Crippen molar-refractivity contribution in [2.45, 2.75) is 12.3 Å². The van der Waals surface area contributed by atoms with Crippen LogP contribution in [0.25, 0.3) is 10.1 Å². The van der Waals surface area contributed by atoms with Crippen LogP contribution in [0.2, 0.25) is 0 Å². The third kappa shape index (κ3) is 1.11. The number of nitrogens with one attached hydrogen (secondary N) is 1. The van der Waals surface area contributed by atoms with Gasteiger partial charge >= 0.3 is 0 Å². The summed E-state index contributed by atoms with van der Waals surface area (Å²) < 4.78 is 1.44. The first-order valence-corrected chi connectivity index (χ1v) is 5.91. The SMILES string of the molecule is CNCC1Cc2cc3sccc3cc21. The Bertz CT molecular complexity index is 472. The molecule has 1 aromatic heterocycles. The fourth-order valence-corrected chi connectivity index (χ4v) is 3.13. The van der Waals surface area contributed by atoms with Crippen molar-refractivity contribution in [3.05, 3.63) is 34.7 Å². The summed E-state index contributed by atoms with van der Waals surface area (Å²) in [5.41, 5.74) is 3.12. The van der Waals surface area contributed by atoms with Crippen LogP contribution < -0.4 is 5.32 Å². The van der Waals surface area contributed by atoms with Crippen molar-refractivity contribution in [2.75, 3.05) is 13.6 Å². The van der Waals surface area contributed by atoms with Crippen LogP contribution in [0.1, 0.15) is 17.0 Å². The van der Waals surface area contributed by atoms with E-state index in [1.165, 1.54) is 16.5 Å². The lowest BCUT2D eigenvalue weighted by molar-refractivity contribution is 0.570. The average molecular weight is 203 g/mol. The highest BCUT2D eigenvalue weighted by molar-refractivity contribution is 7.17. The van der Waals surface area contributed by atoms with Gasteiger partial charge in [-0.05, 0) is 53.6 Å². The van der Waals surface area contributed by atoms with Gasteiger partial charge in [-0.1, -0.05) is 0 Å². The van der Waals surface area contributed by atoms with E-state index < -0.39 is 0 Å². The molecule has 1 heterocycles.